The van der Waals surface area contributed by atoms with Crippen LogP contribution in [0, 0.1) is 6.92 Å². The summed E-state index contributed by atoms with van der Waals surface area (Å²) in [4.78, 5) is 2.35. The lowest BCUT2D eigenvalue weighted by Gasteiger charge is -2.27. The highest BCUT2D eigenvalue weighted by molar-refractivity contribution is 5.79. The third kappa shape index (κ3) is 4.52. The van der Waals surface area contributed by atoms with Gasteiger partial charge < -0.3 is 4.90 Å². The van der Waals surface area contributed by atoms with Crippen LogP contribution in [0.5, 0.6) is 0 Å². The van der Waals surface area contributed by atoms with Crippen molar-refractivity contribution in [2.75, 3.05) is 4.90 Å². The quantitative estimate of drug-likeness (QED) is 0.300. The van der Waals surface area contributed by atoms with E-state index in [0.29, 0.717) is 0 Å². The van der Waals surface area contributed by atoms with Crippen LogP contribution in [-0.2, 0) is 6.42 Å². The molecule has 0 radical (unpaired) electrons. The van der Waals surface area contributed by atoms with Gasteiger partial charge in [0.05, 0.1) is 0 Å². The molecule has 4 aromatic carbocycles. The van der Waals surface area contributed by atoms with E-state index in [4.69, 9.17) is 0 Å². The molecule has 0 aliphatic rings. The summed E-state index contributed by atoms with van der Waals surface area (Å²) in [7, 11) is 0. The van der Waals surface area contributed by atoms with Crippen LogP contribution < -0.4 is 4.90 Å². The zero-order valence-corrected chi connectivity index (χ0v) is 17.6. The molecule has 0 aliphatic heterocycles. The van der Waals surface area contributed by atoms with Gasteiger partial charge in [0.15, 0.2) is 0 Å². The highest BCUT2D eigenvalue weighted by Crippen LogP contribution is 2.37. The normalized spacial score (nSPS) is 11.0. The topological polar surface area (TPSA) is 3.24 Å². The first-order valence-corrected chi connectivity index (χ1v) is 10.5. The van der Waals surface area contributed by atoms with Crippen LogP contribution in [0.2, 0.25) is 0 Å². The minimum Gasteiger partial charge on any atom is -0.310 e. The highest BCUT2D eigenvalue weighted by atomic mass is 15.1. The standard InChI is InChI=1S/C29H27N/c1-3-26-11-7-8-12-29(26)30(27-19-13-23(2)14-20-27)28-21-17-25(18-22-28)16-15-24-9-5-4-6-10-24/h4-22H,3H2,1-2H3. The third-order valence-corrected chi connectivity index (χ3v) is 5.32. The van der Waals surface area contributed by atoms with Gasteiger partial charge in [-0.2, -0.15) is 0 Å². The predicted octanol–water partition coefficient (Wildman–Crippen LogP) is 8.20. The largest absolute Gasteiger partial charge is 0.310 e. The van der Waals surface area contributed by atoms with Crippen molar-refractivity contribution in [3.05, 3.63) is 125 Å². The van der Waals surface area contributed by atoms with Crippen molar-refractivity contribution in [3.8, 4) is 0 Å². The Hall–Kier alpha value is -3.58. The van der Waals surface area contributed by atoms with Crippen LogP contribution in [-0.4, -0.2) is 0 Å². The van der Waals surface area contributed by atoms with E-state index < -0.39 is 0 Å². The van der Waals surface area contributed by atoms with Gasteiger partial charge in [0, 0.05) is 17.1 Å². The zero-order chi connectivity index (χ0) is 20.8. The highest BCUT2D eigenvalue weighted by Gasteiger charge is 2.14. The van der Waals surface area contributed by atoms with E-state index in [1.54, 1.807) is 0 Å². The first kappa shape index (κ1) is 19.7. The molecule has 0 heterocycles. The molecule has 0 saturated carbocycles. The van der Waals surface area contributed by atoms with Crippen molar-refractivity contribution in [2.24, 2.45) is 0 Å². The van der Waals surface area contributed by atoms with Gasteiger partial charge in [-0.1, -0.05) is 97.4 Å². The summed E-state index contributed by atoms with van der Waals surface area (Å²) in [6.07, 6.45) is 5.31. The van der Waals surface area contributed by atoms with E-state index in [1.807, 2.05) is 6.07 Å². The van der Waals surface area contributed by atoms with Gasteiger partial charge in [-0.25, -0.2) is 0 Å². The molecule has 0 aliphatic carbocycles. The Morgan fingerprint density at radius 3 is 1.77 bits per heavy atom. The first-order chi connectivity index (χ1) is 14.7. The number of hydrogen-bond donors (Lipinski definition) is 0. The molecular weight excluding hydrogens is 362 g/mol. The van der Waals surface area contributed by atoms with Gasteiger partial charge in [-0.05, 0) is 60.4 Å². The number of aryl methyl sites for hydroxylation is 2. The maximum absolute atomic E-state index is 2.35. The lowest BCUT2D eigenvalue weighted by molar-refractivity contribution is 1.11. The number of nitrogens with zero attached hydrogens (tertiary/aromatic N) is 1. The van der Waals surface area contributed by atoms with Crippen LogP contribution in [0.4, 0.5) is 17.1 Å². The summed E-state index contributed by atoms with van der Waals surface area (Å²) < 4.78 is 0. The SMILES string of the molecule is CCc1ccccc1N(c1ccc(C)cc1)c1ccc(C=Cc2ccccc2)cc1. The van der Waals surface area contributed by atoms with E-state index in [0.717, 1.165) is 12.1 Å². The molecular formula is C29H27N. The summed E-state index contributed by atoms with van der Waals surface area (Å²) >= 11 is 0. The van der Waals surface area contributed by atoms with Crippen molar-refractivity contribution in [3.63, 3.8) is 0 Å². The maximum atomic E-state index is 2.35. The van der Waals surface area contributed by atoms with Crippen LogP contribution in [0.3, 0.4) is 0 Å². The monoisotopic (exact) mass is 389 g/mol. The first-order valence-electron chi connectivity index (χ1n) is 10.5. The number of anilines is 3. The van der Waals surface area contributed by atoms with E-state index in [1.165, 1.54) is 33.6 Å². The molecule has 0 saturated heterocycles. The van der Waals surface area contributed by atoms with Crippen LogP contribution >= 0.6 is 0 Å². The Bertz CT molecular complexity index is 1110. The number of para-hydroxylation sites is 1. The lowest BCUT2D eigenvalue weighted by Crippen LogP contribution is -2.12. The second-order valence-electron chi connectivity index (χ2n) is 7.49. The second-order valence-corrected chi connectivity index (χ2v) is 7.49. The molecule has 0 N–H and O–H groups in total. The maximum Gasteiger partial charge on any atom is 0.0493 e. The number of benzene rings is 4. The van der Waals surface area contributed by atoms with Gasteiger partial charge in [-0.3, -0.25) is 0 Å². The van der Waals surface area contributed by atoms with Crippen molar-refractivity contribution >= 4 is 29.2 Å². The molecule has 0 amide bonds. The average molecular weight is 390 g/mol. The summed E-state index contributed by atoms with van der Waals surface area (Å²) in [6, 6.07) is 36.6. The summed E-state index contributed by atoms with van der Waals surface area (Å²) in [6.45, 7) is 4.34. The molecule has 0 bridgehead atoms. The Labute approximate surface area is 179 Å². The molecule has 1 heteroatoms. The summed E-state index contributed by atoms with van der Waals surface area (Å²) in [5, 5.41) is 0. The van der Waals surface area contributed by atoms with Crippen LogP contribution in [0.1, 0.15) is 29.2 Å². The van der Waals surface area contributed by atoms with Gasteiger partial charge in [-0.15, -0.1) is 0 Å². The Morgan fingerprint density at radius 2 is 1.13 bits per heavy atom. The Kier molecular flexibility index (Phi) is 6.10. The summed E-state index contributed by atoms with van der Waals surface area (Å²) in [5.41, 5.74) is 8.58. The summed E-state index contributed by atoms with van der Waals surface area (Å²) in [5.74, 6) is 0. The molecule has 0 fully saturated rings. The fraction of sp³-hybridized carbons (Fsp3) is 0.103. The molecule has 4 rings (SSSR count). The molecule has 4 aromatic rings. The van der Waals surface area contributed by atoms with E-state index in [2.05, 4.69) is 128 Å². The third-order valence-electron chi connectivity index (χ3n) is 5.32. The number of rotatable bonds is 6. The number of hydrogen-bond acceptors (Lipinski definition) is 1. The van der Waals surface area contributed by atoms with Crippen LogP contribution in [0.25, 0.3) is 12.2 Å². The van der Waals surface area contributed by atoms with Gasteiger partial charge in [0.2, 0.25) is 0 Å². The van der Waals surface area contributed by atoms with E-state index in [9.17, 15) is 0 Å². The zero-order valence-electron chi connectivity index (χ0n) is 17.6. The van der Waals surface area contributed by atoms with E-state index in [-0.39, 0.29) is 0 Å². The van der Waals surface area contributed by atoms with Crippen molar-refractivity contribution < 1.29 is 0 Å². The molecule has 0 spiro atoms. The van der Waals surface area contributed by atoms with Gasteiger partial charge in [0.25, 0.3) is 0 Å². The van der Waals surface area contributed by atoms with Gasteiger partial charge >= 0.3 is 0 Å². The van der Waals surface area contributed by atoms with Crippen molar-refractivity contribution in [1.82, 2.24) is 0 Å². The fourth-order valence-electron chi connectivity index (χ4n) is 3.64. The van der Waals surface area contributed by atoms with Crippen LogP contribution in [0.15, 0.2) is 103 Å². The fourth-order valence-corrected chi connectivity index (χ4v) is 3.64. The molecule has 0 atom stereocenters. The van der Waals surface area contributed by atoms with Crippen molar-refractivity contribution in [1.29, 1.82) is 0 Å². The Morgan fingerprint density at radius 1 is 0.600 bits per heavy atom. The lowest BCUT2D eigenvalue weighted by atomic mass is 10.1. The second kappa shape index (κ2) is 9.28. The minimum atomic E-state index is 0.996. The molecule has 1 nitrogen and oxygen atoms in total. The molecule has 30 heavy (non-hydrogen) atoms. The minimum absolute atomic E-state index is 0.996. The average Bonchev–Trinajstić information content (AvgIpc) is 2.81. The molecule has 0 aromatic heterocycles. The Balaban J connectivity index is 1.70. The smallest absolute Gasteiger partial charge is 0.0493 e. The van der Waals surface area contributed by atoms with Crippen molar-refractivity contribution in [2.45, 2.75) is 20.3 Å². The predicted molar refractivity (Wildman–Crippen MR) is 131 cm³/mol. The molecule has 0 unspecified atom stereocenters. The van der Waals surface area contributed by atoms with Gasteiger partial charge in [0.1, 0.15) is 0 Å². The van der Waals surface area contributed by atoms with E-state index >= 15 is 0 Å². The molecule has 148 valence electrons.